The molecular formula is C28H39N7O6. The average Bonchev–Trinajstić information content (AvgIpc) is 2.93. The zero-order valence-corrected chi connectivity index (χ0v) is 22.9. The number of carboxylic acid groups (broad SMARTS) is 1. The zero-order valence-electron chi connectivity index (χ0n) is 22.9. The van der Waals surface area contributed by atoms with Crippen molar-refractivity contribution in [1.29, 1.82) is 0 Å². The van der Waals surface area contributed by atoms with Gasteiger partial charge in [0.1, 0.15) is 18.1 Å². The number of nitrogens with two attached hydrogens (primary N) is 3. The molecule has 13 nitrogen and oxygen atoms in total. The van der Waals surface area contributed by atoms with Crippen molar-refractivity contribution in [3.63, 3.8) is 0 Å². The highest BCUT2D eigenvalue weighted by Gasteiger charge is 2.33. The third-order valence-corrected chi connectivity index (χ3v) is 6.18. The van der Waals surface area contributed by atoms with Crippen LogP contribution in [-0.4, -0.2) is 76.7 Å². The Balaban J connectivity index is 2.14. The molecule has 0 bridgehead atoms. The molecule has 0 aliphatic rings. The normalized spacial score (nSPS) is 14.4. The molecule has 0 aliphatic carbocycles. The molecule has 2 aromatic carbocycles. The van der Waals surface area contributed by atoms with E-state index >= 15 is 0 Å². The number of amides is 3. The summed E-state index contributed by atoms with van der Waals surface area (Å²) in [5.74, 6) is -3.60. The lowest BCUT2D eigenvalue weighted by molar-refractivity contribution is -0.143. The molecule has 41 heavy (non-hydrogen) atoms. The Labute approximate surface area is 238 Å². The molecule has 3 amide bonds. The fourth-order valence-corrected chi connectivity index (χ4v) is 3.96. The Morgan fingerprint density at radius 3 is 1.80 bits per heavy atom. The quantitative estimate of drug-likeness (QED) is 0.0685. The number of guanidine groups is 1. The molecule has 2 aromatic rings. The third-order valence-electron chi connectivity index (χ3n) is 6.18. The minimum absolute atomic E-state index is 0.00382. The molecule has 0 saturated carbocycles. The van der Waals surface area contributed by atoms with E-state index < -0.39 is 54.0 Å². The standard InChI is InChI=1S/C28H39N7O6/c1-17(36)23(26(39)34-22(27(40)41)16-19-11-6-3-7-12-19)35-25(38)21(15-18-9-4-2-5-10-18)33-24(37)20(29)13-8-14-32-28(30)31/h2-7,9-12,17,20-23,36H,8,13-16,29H2,1H3,(H,33,37)(H,34,39)(H,35,38)(H,40,41)(H4,30,31,32). The lowest BCUT2D eigenvalue weighted by Gasteiger charge is -2.26. The molecule has 0 aliphatic heterocycles. The number of aliphatic imine (C=N–C) groups is 1. The van der Waals surface area contributed by atoms with Crippen molar-refractivity contribution in [2.24, 2.45) is 22.2 Å². The molecule has 0 spiro atoms. The largest absolute Gasteiger partial charge is 0.480 e. The predicted octanol–water partition coefficient (Wildman–Crippen LogP) is -1.23. The van der Waals surface area contributed by atoms with Crippen molar-refractivity contribution in [3.8, 4) is 0 Å². The number of carbonyl (C=O) groups is 4. The highest BCUT2D eigenvalue weighted by atomic mass is 16.4. The van der Waals surface area contributed by atoms with Gasteiger partial charge in [-0.05, 0) is 30.9 Å². The molecule has 222 valence electrons. The summed E-state index contributed by atoms with van der Waals surface area (Å²) in [6, 6.07) is 12.7. The monoisotopic (exact) mass is 569 g/mol. The van der Waals surface area contributed by atoms with Gasteiger partial charge in [-0.1, -0.05) is 60.7 Å². The van der Waals surface area contributed by atoms with Crippen LogP contribution in [0.25, 0.3) is 0 Å². The van der Waals surface area contributed by atoms with Gasteiger partial charge in [0.2, 0.25) is 17.7 Å². The van der Waals surface area contributed by atoms with Crippen LogP contribution in [0.15, 0.2) is 65.7 Å². The molecule has 2 rings (SSSR count). The highest BCUT2D eigenvalue weighted by molar-refractivity contribution is 5.94. The lowest BCUT2D eigenvalue weighted by Crippen LogP contribution is -2.60. The van der Waals surface area contributed by atoms with E-state index in [1.807, 2.05) is 0 Å². The summed E-state index contributed by atoms with van der Waals surface area (Å²) in [7, 11) is 0. The van der Waals surface area contributed by atoms with E-state index in [0.29, 0.717) is 12.0 Å². The second kappa shape index (κ2) is 16.6. The van der Waals surface area contributed by atoms with Crippen molar-refractivity contribution < 1.29 is 29.4 Å². The number of aliphatic hydroxyl groups excluding tert-OH is 1. The van der Waals surface area contributed by atoms with Crippen LogP contribution >= 0.6 is 0 Å². The van der Waals surface area contributed by atoms with Crippen LogP contribution in [0.5, 0.6) is 0 Å². The molecule has 0 radical (unpaired) electrons. The fourth-order valence-electron chi connectivity index (χ4n) is 3.96. The first kappa shape index (κ1) is 32.7. The highest BCUT2D eigenvalue weighted by Crippen LogP contribution is 2.08. The maximum atomic E-state index is 13.4. The van der Waals surface area contributed by atoms with E-state index in [1.165, 1.54) is 6.92 Å². The maximum absolute atomic E-state index is 13.4. The Morgan fingerprint density at radius 2 is 1.32 bits per heavy atom. The first-order valence-electron chi connectivity index (χ1n) is 13.2. The Hall–Kier alpha value is -4.49. The summed E-state index contributed by atoms with van der Waals surface area (Å²) in [6.07, 6.45) is -0.634. The Morgan fingerprint density at radius 1 is 0.805 bits per heavy atom. The number of hydrogen-bond acceptors (Lipinski definition) is 7. The number of aliphatic carboxylic acids is 1. The number of aliphatic hydroxyl groups is 1. The van der Waals surface area contributed by atoms with Crippen LogP contribution < -0.4 is 33.2 Å². The molecule has 0 fully saturated rings. The van der Waals surface area contributed by atoms with Gasteiger partial charge >= 0.3 is 5.97 Å². The number of carboxylic acids is 1. The van der Waals surface area contributed by atoms with Crippen LogP contribution in [0.3, 0.4) is 0 Å². The number of nitrogens with zero attached hydrogens (tertiary/aromatic N) is 1. The van der Waals surface area contributed by atoms with Crippen LogP contribution in [0, 0.1) is 0 Å². The van der Waals surface area contributed by atoms with E-state index in [-0.39, 0.29) is 31.8 Å². The Kier molecular flexibility index (Phi) is 13.2. The van der Waals surface area contributed by atoms with Gasteiger partial charge in [0.05, 0.1) is 12.1 Å². The van der Waals surface area contributed by atoms with Crippen LogP contribution in [-0.2, 0) is 32.0 Å². The van der Waals surface area contributed by atoms with Crippen molar-refractivity contribution in [3.05, 3.63) is 71.8 Å². The molecule has 0 saturated heterocycles. The summed E-state index contributed by atoms with van der Waals surface area (Å²) in [5.41, 5.74) is 18.0. The SMILES string of the molecule is CC(O)C(NC(=O)C(Cc1ccccc1)NC(=O)C(N)CCCN=C(N)N)C(=O)NC(Cc1ccccc1)C(=O)O. The minimum Gasteiger partial charge on any atom is -0.480 e. The molecule has 13 heteroatoms. The van der Waals surface area contributed by atoms with E-state index in [0.717, 1.165) is 5.56 Å². The number of carbonyl (C=O) groups excluding carboxylic acids is 3. The maximum Gasteiger partial charge on any atom is 0.326 e. The van der Waals surface area contributed by atoms with Gasteiger partial charge in [0.25, 0.3) is 0 Å². The molecular weight excluding hydrogens is 530 g/mol. The topological polar surface area (TPSA) is 235 Å². The summed E-state index contributed by atoms with van der Waals surface area (Å²) in [4.78, 5) is 54.9. The molecule has 5 unspecified atom stereocenters. The molecule has 0 heterocycles. The van der Waals surface area contributed by atoms with Gasteiger partial charge in [0, 0.05) is 19.4 Å². The van der Waals surface area contributed by atoms with E-state index in [2.05, 4.69) is 20.9 Å². The first-order valence-corrected chi connectivity index (χ1v) is 13.2. The first-order chi connectivity index (χ1) is 19.5. The van der Waals surface area contributed by atoms with E-state index in [9.17, 15) is 29.4 Å². The number of hydrogen-bond donors (Lipinski definition) is 8. The molecule has 0 aromatic heterocycles. The second-order valence-corrected chi connectivity index (χ2v) is 9.62. The number of rotatable bonds is 16. The van der Waals surface area contributed by atoms with Gasteiger partial charge < -0.3 is 43.4 Å². The summed E-state index contributed by atoms with van der Waals surface area (Å²) in [6.45, 7) is 1.57. The van der Waals surface area contributed by atoms with Gasteiger partial charge in [-0.2, -0.15) is 0 Å². The molecule has 11 N–H and O–H groups in total. The van der Waals surface area contributed by atoms with Crippen molar-refractivity contribution in [1.82, 2.24) is 16.0 Å². The van der Waals surface area contributed by atoms with Crippen molar-refractivity contribution >= 4 is 29.7 Å². The van der Waals surface area contributed by atoms with Crippen molar-refractivity contribution in [2.75, 3.05) is 6.54 Å². The van der Waals surface area contributed by atoms with Gasteiger partial charge in [0.15, 0.2) is 5.96 Å². The fraction of sp³-hybridized carbons (Fsp3) is 0.393. The van der Waals surface area contributed by atoms with Crippen LogP contribution in [0.4, 0.5) is 0 Å². The van der Waals surface area contributed by atoms with E-state index in [4.69, 9.17) is 17.2 Å². The average molecular weight is 570 g/mol. The summed E-state index contributed by atoms with van der Waals surface area (Å²) < 4.78 is 0. The lowest BCUT2D eigenvalue weighted by atomic mass is 10.0. The third kappa shape index (κ3) is 11.6. The zero-order chi connectivity index (χ0) is 30.4. The van der Waals surface area contributed by atoms with Crippen LogP contribution in [0.1, 0.15) is 30.9 Å². The number of benzene rings is 2. The second-order valence-electron chi connectivity index (χ2n) is 9.62. The predicted molar refractivity (Wildman–Crippen MR) is 153 cm³/mol. The Bertz CT molecular complexity index is 1170. The van der Waals surface area contributed by atoms with Gasteiger partial charge in [-0.3, -0.25) is 19.4 Å². The van der Waals surface area contributed by atoms with E-state index in [1.54, 1.807) is 60.7 Å². The van der Waals surface area contributed by atoms with Crippen molar-refractivity contribution in [2.45, 2.75) is 62.9 Å². The smallest absolute Gasteiger partial charge is 0.326 e. The molecule has 5 atom stereocenters. The minimum atomic E-state index is -1.50. The number of nitrogens with one attached hydrogen (secondary N) is 3. The van der Waals surface area contributed by atoms with Crippen LogP contribution in [0.2, 0.25) is 0 Å². The van der Waals surface area contributed by atoms with Gasteiger partial charge in [-0.25, -0.2) is 4.79 Å². The summed E-state index contributed by atoms with van der Waals surface area (Å²) >= 11 is 0. The van der Waals surface area contributed by atoms with Gasteiger partial charge in [-0.15, -0.1) is 0 Å². The summed E-state index contributed by atoms with van der Waals surface area (Å²) in [5, 5.41) is 27.4.